The third-order valence-electron chi connectivity index (χ3n) is 3.87. The molecule has 3 atom stereocenters. The summed E-state index contributed by atoms with van der Waals surface area (Å²) in [6.45, 7) is 3.85. The van der Waals surface area contributed by atoms with Gasteiger partial charge in [0.2, 0.25) is 5.91 Å². The highest BCUT2D eigenvalue weighted by Crippen LogP contribution is 2.32. The summed E-state index contributed by atoms with van der Waals surface area (Å²) in [6.07, 6.45) is 2.68. The average molecular weight is 247 g/mol. The topological polar surface area (TPSA) is 49.3 Å². The fourth-order valence-corrected chi connectivity index (χ4v) is 2.74. The standard InChI is InChI=1S/C15H21NO2/c1-10-6-5-8-12(10)15(18)16-14-9-4-3-7-13(14)11(2)17/h3-4,7,9-12,17H,5-6,8H2,1-2H3,(H,16,18). The van der Waals surface area contributed by atoms with Crippen LogP contribution in [-0.2, 0) is 4.79 Å². The van der Waals surface area contributed by atoms with Crippen molar-refractivity contribution in [3.63, 3.8) is 0 Å². The first-order chi connectivity index (χ1) is 8.59. The van der Waals surface area contributed by atoms with Crippen LogP contribution in [0.2, 0.25) is 0 Å². The quantitative estimate of drug-likeness (QED) is 0.862. The number of carbonyl (C=O) groups excluding carboxylic acids is 1. The molecular formula is C15H21NO2. The molecule has 1 aromatic rings. The van der Waals surface area contributed by atoms with E-state index in [1.165, 1.54) is 0 Å². The second-order valence-corrected chi connectivity index (χ2v) is 5.27. The minimum Gasteiger partial charge on any atom is -0.389 e. The van der Waals surface area contributed by atoms with Crippen molar-refractivity contribution in [2.75, 3.05) is 5.32 Å². The Labute approximate surface area is 108 Å². The molecule has 0 aromatic heterocycles. The summed E-state index contributed by atoms with van der Waals surface area (Å²) in [4.78, 5) is 12.2. The lowest BCUT2D eigenvalue weighted by Crippen LogP contribution is -2.25. The average Bonchev–Trinajstić information content (AvgIpc) is 2.76. The van der Waals surface area contributed by atoms with Gasteiger partial charge in [0.15, 0.2) is 0 Å². The smallest absolute Gasteiger partial charge is 0.227 e. The van der Waals surface area contributed by atoms with Crippen LogP contribution >= 0.6 is 0 Å². The molecule has 98 valence electrons. The highest BCUT2D eigenvalue weighted by molar-refractivity contribution is 5.93. The van der Waals surface area contributed by atoms with Crippen molar-refractivity contribution < 1.29 is 9.90 Å². The van der Waals surface area contributed by atoms with E-state index in [0.717, 1.165) is 30.5 Å². The van der Waals surface area contributed by atoms with E-state index in [0.29, 0.717) is 5.92 Å². The molecule has 0 radical (unpaired) electrons. The highest BCUT2D eigenvalue weighted by Gasteiger charge is 2.29. The minimum atomic E-state index is -0.567. The second-order valence-electron chi connectivity index (χ2n) is 5.27. The summed E-state index contributed by atoms with van der Waals surface area (Å²) in [5.74, 6) is 0.670. The number of nitrogens with one attached hydrogen (secondary N) is 1. The molecule has 1 fully saturated rings. The fraction of sp³-hybridized carbons (Fsp3) is 0.533. The Kier molecular flexibility index (Phi) is 4.02. The van der Waals surface area contributed by atoms with Crippen LogP contribution in [0.25, 0.3) is 0 Å². The van der Waals surface area contributed by atoms with Crippen LogP contribution in [0.4, 0.5) is 5.69 Å². The number of rotatable bonds is 3. The van der Waals surface area contributed by atoms with Gasteiger partial charge in [0.25, 0.3) is 0 Å². The summed E-state index contributed by atoms with van der Waals surface area (Å²) in [5.41, 5.74) is 1.51. The number of hydrogen-bond acceptors (Lipinski definition) is 2. The zero-order chi connectivity index (χ0) is 13.1. The molecular weight excluding hydrogens is 226 g/mol. The Balaban J connectivity index is 2.11. The molecule has 2 N–H and O–H groups in total. The van der Waals surface area contributed by atoms with Crippen LogP contribution in [0.5, 0.6) is 0 Å². The molecule has 18 heavy (non-hydrogen) atoms. The molecule has 3 heteroatoms. The molecule has 1 aliphatic carbocycles. The number of para-hydroxylation sites is 1. The van der Waals surface area contributed by atoms with Gasteiger partial charge in [0.05, 0.1) is 6.10 Å². The van der Waals surface area contributed by atoms with E-state index in [1.54, 1.807) is 6.92 Å². The van der Waals surface area contributed by atoms with Crippen molar-refractivity contribution in [3.8, 4) is 0 Å². The Morgan fingerprint density at radius 3 is 2.72 bits per heavy atom. The second kappa shape index (κ2) is 5.53. The molecule has 1 amide bonds. The van der Waals surface area contributed by atoms with Crippen molar-refractivity contribution in [3.05, 3.63) is 29.8 Å². The predicted molar refractivity (Wildman–Crippen MR) is 72.2 cm³/mol. The van der Waals surface area contributed by atoms with Gasteiger partial charge in [-0.15, -0.1) is 0 Å². The third kappa shape index (κ3) is 2.72. The van der Waals surface area contributed by atoms with Gasteiger partial charge < -0.3 is 10.4 Å². The number of carbonyl (C=O) groups is 1. The Morgan fingerprint density at radius 2 is 2.11 bits per heavy atom. The van der Waals surface area contributed by atoms with Gasteiger partial charge in [-0.3, -0.25) is 4.79 Å². The Morgan fingerprint density at radius 1 is 1.39 bits per heavy atom. The largest absolute Gasteiger partial charge is 0.389 e. The van der Waals surface area contributed by atoms with Gasteiger partial charge >= 0.3 is 0 Å². The molecule has 0 aliphatic heterocycles. The predicted octanol–water partition coefficient (Wildman–Crippen LogP) is 3.11. The third-order valence-corrected chi connectivity index (χ3v) is 3.87. The summed E-state index contributed by atoms with van der Waals surface area (Å²) in [6, 6.07) is 7.44. The molecule has 1 aromatic carbocycles. The van der Waals surface area contributed by atoms with Gasteiger partial charge in [-0.05, 0) is 31.7 Å². The number of aliphatic hydroxyl groups is 1. The molecule has 3 nitrogen and oxygen atoms in total. The van der Waals surface area contributed by atoms with Crippen molar-refractivity contribution in [1.29, 1.82) is 0 Å². The van der Waals surface area contributed by atoms with Crippen LogP contribution in [0, 0.1) is 11.8 Å². The zero-order valence-electron chi connectivity index (χ0n) is 11.0. The first kappa shape index (κ1) is 13.1. The van der Waals surface area contributed by atoms with Crippen molar-refractivity contribution in [1.82, 2.24) is 0 Å². The molecule has 0 bridgehead atoms. The van der Waals surface area contributed by atoms with Crippen molar-refractivity contribution >= 4 is 11.6 Å². The van der Waals surface area contributed by atoms with E-state index in [9.17, 15) is 9.90 Å². The van der Waals surface area contributed by atoms with E-state index in [2.05, 4.69) is 12.2 Å². The number of anilines is 1. The molecule has 0 spiro atoms. The maximum atomic E-state index is 12.2. The molecule has 1 saturated carbocycles. The van der Waals surface area contributed by atoms with Crippen molar-refractivity contribution in [2.24, 2.45) is 11.8 Å². The summed E-state index contributed by atoms with van der Waals surface area (Å²) in [7, 11) is 0. The van der Waals surface area contributed by atoms with Crippen molar-refractivity contribution in [2.45, 2.75) is 39.2 Å². The molecule has 1 aliphatic rings. The van der Waals surface area contributed by atoms with E-state index >= 15 is 0 Å². The highest BCUT2D eigenvalue weighted by atomic mass is 16.3. The molecule has 2 rings (SSSR count). The van der Waals surface area contributed by atoms with E-state index < -0.39 is 6.10 Å². The fourth-order valence-electron chi connectivity index (χ4n) is 2.74. The first-order valence-corrected chi connectivity index (χ1v) is 6.67. The van der Waals surface area contributed by atoms with Gasteiger partial charge in [0.1, 0.15) is 0 Å². The van der Waals surface area contributed by atoms with Gasteiger partial charge in [0, 0.05) is 17.2 Å². The van der Waals surface area contributed by atoms with Crippen LogP contribution in [0.3, 0.4) is 0 Å². The van der Waals surface area contributed by atoms with Gasteiger partial charge in [-0.25, -0.2) is 0 Å². The van der Waals surface area contributed by atoms with Crippen LogP contribution in [0.15, 0.2) is 24.3 Å². The Bertz CT molecular complexity index is 428. The van der Waals surface area contributed by atoms with Crippen LogP contribution in [0.1, 0.15) is 44.8 Å². The SMILES string of the molecule is CC(O)c1ccccc1NC(=O)C1CCCC1C. The number of hydrogen-bond donors (Lipinski definition) is 2. The van der Waals surface area contributed by atoms with E-state index in [4.69, 9.17) is 0 Å². The summed E-state index contributed by atoms with van der Waals surface area (Å²) < 4.78 is 0. The maximum absolute atomic E-state index is 12.2. The molecule has 3 unspecified atom stereocenters. The summed E-state index contributed by atoms with van der Waals surface area (Å²) >= 11 is 0. The number of aliphatic hydroxyl groups excluding tert-OH is 1. The summed E-state index contributed by atoms with van der Waals surface area (Å²) in [5, 5.41) is 12.6. The lowest BCUT2D eigenvalue weighted by molar-refractivity contribution is -0.120. The Hall–Kier alpha value is -1.35. The first-order valence-electron chi connectivity index (χ1n) is 6.67. The van der Waals surface area contributed by atoms with Gasteiger partial charge in [-0.2, -0.15) is 0 Å². The van der Waals surface area contributed by atoms with Crippen LogP contribution in [-0.4, -0.2) is 11.0 Å². The zero-order valence-corrected chi connectivity index (χ0v) is 11.0. The number of amides is 1. The number of benzene rings is 1. The minimum absolute atomic E-state index is 0.0908. The normalized spacial score (nSPS) is 24.8. The maximum Gasteiger partial charge on any atom is 0.227 e. The molecule has 0 saturated heterocycles. The lowest BCUT2D eigenvalue weighted by Gasteiger charge is -2.18. The van der Waals surface area contributed by atoms with E-state index in [1.807, 2.05) is 24.3 Å². The van der Waals surface area contributed by atoms with Crippen LogP contribution < -0.4 is 5.32 Å². The lowest BCUT2D eigenvalue weighted by atomic mass is 9.97. The monoisotopic (exact) mass is 247 g/mol. The van der Waals surface area contributed by atoms with Gasteiger partial charge in [-0.1, -0.05) is 31.5 Å². The molecule has 0 heterocycles. The van der Waals surface area contributed by atoms with E-state index in [-0.39, 0.29) is 11.8 Å².